The molecule has 1 aromatic carbocycles. The maximum Gasteiger partial charge on any atom is 0.273 e. The second kappa shape index (κ2) is 5.22. The van der Waals surface area contributed by atoms with E-state index in [1.807, 2.05) is 23.9 Å². The zero-order chi connectivity index (χ0) is 14.2. The van der Waals surface area contributed by atoms with Crippen molar-refractivity contribution in [2.24, 2.45) is 0 Å². The molecule has 4 nitrogen and oxygen atoms in total. The average molecular weight is 300 g/mol. The maximum absolute atomic E-state index is 12.3. The van der Waals surface area contributed by atoms with Crippen LogP contribution in [0.3, 0.4) is 0 Å². The van der Waals surface area contributed by atoms with Gasteiger partial charge in [0.05, 0.1) is 6.04 Å². The van der Waals surface area contributed by atoms with E-state index in [1.165, 1.54) is 10.5 Å². The second-order valence-corrected chi connectivity index (χ2v) is 6.73. The summed E-state index contributed by atoms with van der Waals surface area (Å²) in [6.07, 6.45) is 3.23. The largest absolute Gasteiger partial charge is 0.360 e. The molecule has 0 unspecified atom stereocenters. The van der Waals surface area contributed by atoms with Crippen molar-refractivity contribution in [1.29, 1.82) is 0 Å². The Balaban J connectivity index is 1.51. The minimum Gasteiger partial charge on any atom is -0.360 e. The van der Waals surface area contributed by atoms with Gasteiger partial charge in [0.2, 0.25) is 0 Å². The van der Waals surface area contributed by atoms with Gasteiger partial charge in [0.25, 0.3) is 5.91 Å². The molecule has 0 radical (unpaired) electrons. The van der Waals surface area contributed by atoms with Gasteiger partial charge in [-0.3, -0.25) is 4.79 Å². The third-order valence-corrected chi connectivity index (χ3v) is 5.13. The lowest BCUT2D eigenvalue weighted by Crippen LogP contribution is -2.30. The van der Waals surface area contributed by atoms with E-state index in [0.29, 0.717) is 11.6 Å². The van der Waals surface area contributed by atoms with Gasteiger partial charge in [0.15, 0.2) is 5.69 Å². The number of carbonyl (C=O) groups excluding carboxylic acids is 1. The minimum atomic E-state index is -0.141. The Labute approximate surface area is 127 Å². The minimum absolute atomic E-state index is 0.0658. The van der Waals surface area contributed by atoms with Crippen LogP contribution in [0.5, 0.6) is 0 Å². The summed E-state index contributed by atoms with van der Waals surface area (Å²) in [5.74, 6) is 2.21. The number of amides is 1. The summed E-state index contributed by atoms with van der Waals surface area (Å²) in [5.41, 5.74) is 1.60. The van der Waals surface area contributed by atoms with Crippen molar-refractivity contribution >= 4 is 17.7 Å². The van der Waals surface area contributed by atoms with Crippen molar-refractivity contribution in [3.8, 4) is 0 Å². The molecule has 1 saturated carbocycles. The number of thioether (sulfide) groups is 1. The molecule has 2 aromatic rings. The van der Waals surface area contributed by atoms with Crippen molar-refractivity contribution < 1.29 is 9.32 Å². The van der Waals surface area contributed by atoms with Gasteiger partial charge >= 0.3 is 0 Å². The number of aromatic nitrogens is 1. The van der Waals surface area contributed by atoms with Gasteiger partial charge in [0.1, 0.15) is 5.76 Å². The van der Waals surface area contributed by atoms with Crippen LogP contribution in [-0.2, 0) is 0 Å². The predicted octanol–water partition coefficient (Wildman–Crippen LogP) is 3.52. The Morgan fingerprint density at radius 3 is 3.00 bits per heavy atom. The first kappa shape index (κ1) is 13.0. The molecule has 1 fully saturated rings. The third kappa shape index (κ3) is 2.58. The summed E-state index contributed by atoms with van der Waals surface area (Å²) in [6.45, 7) is 0. The molecule has 1 amide bonds. The van der Waals surface area contributed by atoms with E-state index in [-0.39, 0.29) is 11.9 Å². The summed E-state index contributed by atoms with van der Waals surface area (Å²) >= 11 is 1.85. The first-order valence-electron chi connectivity index (χ1n) is 7.30. The highest BCUT2D eigenvalue weighted by molar-refractivity contribution is 7.99. The average Bonchev–Trinajstić information content (AvgIpc) is 3.25. The molecule has 0 saturated heterocycles. The first-order chi connectivity index (χ1) is 10.3. The van der Waals surface area contributed by atoms with E-state index >= 15 is 0 Å². The van der Waals surface area contributed by atoms with E-state index in [4.69, 9.17) is 4.52 Å². The first-order valence-corrected chi connectivity index (χ1v) is 8.29. The molecule has 2 heterocycles. The van der Waals surface area contributed by atoms with Crippen LogP contribution in [0.25, 0.3) is 0 Å². The number of hydrogen-bond donors (Lipinski definition) is 1. The molecular formula is C16H16N2O2S. The highest BCUT2D eigenvalue weighted by Crippen LogP contribution is 2.40. The zero-order valence-corrected chi connectivity index (χ0v) is 12.4. The van der Waals surface area contributed by atoms with E-state index < -0.39 is 0 Å². The Morgan fingerprint density at radius 2 is 2.14 bits per heavy atom. The Morgan fingerprint density at radius 1 is 1.29 bits per heavy atom. The van der Waals surface area contributed by atoms with Crippen molar-refractivity contribution in [3.05, 3.63) is 47.3 Å². The summed E-state index contributed by atoms with van der Waals surface area (Å²) in [6, 6.07) is 10.1. The lowest BCUT2D eigenvalue weighted by Gasteiger charge is -2.25. The number of carbonyl (C=O) groups is 1. The van der Waals surface area contributed by atoms with Crippen LogP contribution in [-0.4, -0.2) is 16.8 Å². The Kier molecular flexibility index (Phi) is 3.22. The van der Waals surface area contributed by atoms with Crippen molar-refractivity contribution in [1.82, 2.24) is 10.5 Å². The zero-order valence-electron chi connectivity index (χ0n) is 11.5. The highest BCUT2D eigenvalue weighted by atomic mass is 32.2. The monoisotopic (exact) mass is 300 g/mol. The summed E-state index contributed by atoms with van der Waals surface area (Å²) < 4.78 is 5.25. The normalized spacial score (nSPS) is 20.9. The smallest absolute Gasteiger partial charge is 0.273 e. The molecule has 1 aliphatic heterocycles. The molecule has 108 valence electrons. The molecule has 0 bridgehead atoms. The lowest BCUT2D eigenvalue weighted by molar-refractivity contribution is 0.0925. The van der Waals surface area contributed by atoms with Gasteiger partial charge in [-0.2, -0.15) is 0 Å². The Bertz CT molecular complexity index is 678. The number of fused-ring (bicyclic) bond motifs is 1. The molecule has 5 heteroatoms. The van der Waals surface area contributed by atoms with E-state index in [0.717, 1.165) is 30.8 Å². The van der Waals surface area contributed by atoms with Crippen molar-refractivity contribution in [3.63, 3.8) is 0 Å². The van der Waals surface area contributed by atoms with Crippen LogP contribution in [0.4, 0.5) is 0 Å². The van der Waals surface area contributed by atoms with Crippen LogP contribution in [0.1, 0.15) is 53.0 Å². The van der Waals surface area contributed by atoms with Gasteiger partial charge < -0.3 is 9.84 Å². The third-order valence-electron chi connectivity index (χ3n) is 4.00. The summed E-state index contributed by atoms with van der Waals surface area (Å²) in [7, 11) is 0. The number of benzene rings is 1. The molecule has 1 aromatic heterocycles. The van der Waals surface area contributed by atoms with Gasteiger partial charge in [-0.05, 0) is 30.9 Å². The molecule has 4 rings (SSSR count). The maximum atomic E-state index is 12.3. The topological polar surface area (TPSA) is 55.1 Å². The van der Waals surface area contributed by atoms with Gasteiger partial charge in [-0.25, -0.2) is 0 Å². The van der Waals surface area contributed by atoms with Crippen LogP contribution in [0, 0.1) is 0 Å². The van der Waals surface area contributed by atoms with Gasteiger partial charge in [0, 0.05) is 22.6 Å². The number of rotatable bonds is 3. The number of hydrogen-bond acceptors (Lipinski definition) is 4. The lowest BCUT2D eigenvalue weighted by atomic mass is 10.0. The van der Waals surface area contributed by atoms with Crippen LogP contribution in [0.2, 0.25) is 0 Å². The van der Waals surface area contributed by atoms with Crippen LogP contribution < -0.4 is 5.32 Å². The fraction of sp³-hybridized carbons (Fsp3) is 0.375. The summed E-state index contributed by atoms with van der Waals surface area (Å²) in [4.78, 5) is 13.6. The molecule has 1 aliphatic carbocycles. The molecule has 2 aliphatic rings. The standard InChI is InChI=1S/C16H16N2O2S/c19-16(13-9-14(20-18-13)10-5-6-10)17-12-7-8-21-15-4-2-1-3-11(12)15/h1-4,9-10,12H,5-8H2,(H,17,19)/t12-/m0/s1. The summed E-state index contributed by atoms with van der Waals surface area (Å²) in [5, 5.41) is 7.00. The van der Waals surface area contributed by atoms with Gasteiger partial charge in [-0.15, -0.1) is 11.8 Å². The number of nitrogens with zero attached hydrogens (tertiary/aromatic N) is 1. The fourth-order valence-corrected chi connectivity index (χ4v) is 3.81. The van der Waals surface area contributed by atoms with Crippen molar-refractivity contribution in [2.75, 3.05) is 5.75 Å². The van der Waals surface area contributed by atoms with E-state index in [9.17, 15) is 4.79 Å². The molecule has 21 heavy (non-hydrogen) atoms. The molecular weight excluding hydrogens is 284 g/mol. The fourth-order valence-electron chi connectivity index (χ4n) is 2.68. The van der Waals surface area contributed by atoms with E-state index in [1.54, 1.807) is 6.07 Å². The van der Waals surface area contributed by atoms with Crippen LogP contribution >= 0.6 is 11.8 Å². The Hall–Kier alpha value is -1.75. The molecule has 1 N–H and O–H groups in total. The van der Waals surface area contributed by atoms with Crippen LogP contribution in [0.15, 0.2) is 39.8 Å². The molecule has 0 spiro atoms. The SMILES string of the molecule is O=C(N[C@H]1CCSc2ccccc21)c1cc(C2CC2)on1. The number of nitrogens with one attached hydrogen (secondary N) is 1. The van der Waals surface area contributed by atoms with Crippen molar-refractivity contribution in [2.45, 2.75) is 36.1 Å². The van der Waals surface area contributed by atoms with Gasteiger partial charge in [-0.1, -0.05) is 23.4 Å². The highest BCUT2D eigenvalue weighted by Gasteiger charge is 2.29. The quantitative estimate of drug-likeness (QED) is 0.942. The van der Waals surface area contributed by atoms with E-state index in [2.05, 4.69) is 22.6 Å². The predicted molar refractivity (Wildman–Crippen MR) is 80.5 cm³/mol. The molecule has 1 atom stereocenters. The second-order valence-electron chi connectivity index (χ2n) is 5.59.